The zero-order valence-electron chi connectivity index (χ0n) is 20.6. The Morgan fingerprint density at radius 3 is 2.21 bits per heavy atom. The fraction of sp³-hybridized carbons (Fsp3) is 0.565. The average molecular weight is 570 g/mol. The van der Waals surface area contributed by atoms with Crippen molar-refractivity contribution in [3.63, 3.8) is 0 Å². The molecule has 2 aliphatic heterocycles. The van der Waals surface area contributed by atoms with Gasteiger partial charge in [0.2, 0.25) is 0 Å². The third-order valence-corrected chi connectivity index (χ3v) is 5.49. The lowest BCUT2D eigenvalue weighted by Gasteiger charge is -2.26. The molecular weight excluding hydrogens is 542 g/mol. The number of hydrogen-bond acceptors (Lipinski definition) is 7. The molecule has 1 fully saturated rings. The van der Waals surface area contributed by atoms with Crippen LogP contribution in [0.5, 0.6) is 0 Å². The fourth-order valence-electron chi connectivity index (χ4n) is 3.77. The third-order valence-electron chi connectivity index (χ3n) is 5.49. The highest BCUT2D eigenvalue weighted by atomic mass is 19.4. The highest BCUT2D eigenvalue weighted by Gasteiger charge is 2.38. The quantitative estimate of drug-likeness (QED) is 0.504. The van der Waals surface area contributed by atoms with Crippen LogP contribution in [0.3, 0.4) is 0 Å². The first-order valence-electron chi connectivity index (χ1n) is 11.6. The van der Waals surface area contributed by atoms with Crippen LogP contribution in [0.1, 0.15) is 17.8 Å². The molecule has 2 aromatic rings. The second-order valence-corrected chi connectivity index (χ2v) is 8.74. The van der Waals surface area contributed by atoms with Gasteiger partial charge in [0.25, 0.3) is 0 Å². The van der Waals surface area contributed by atoms with Crippen molar-refractivity contribution in [1.29, 1.82) is 0 Å². The predicted octanol–water partition coefficient (Wildman–Crippen LogP) is 3.23. The summed E-state index contributed by atoms with van der Waals surface area (Å²) in [6.45, 7) is 7.14. The first-order valence-corrected chi connectivity index (χ1v) is 11.6. The van der Waals surface area contributed by atoms with E-state index in [0.29, 0.717) is 18.4 Å². The Kier molecular flexibility index (Phi) is 12.1. The van der Waals surface area contributed by atoms with Crippen LogP contribution < -0.4 is 0 Å². The molecule has 2 atom stereocenters. The van der Waals surface area contributed by atoms with Gasteiger partial charge in [0.15, 0.2) is 0 Å². The maximum Gasteiger partial charge on any atom is 0.490 e. The van der Waals surface area contributed by atoms with Gasteiger partial charge in [-0.15, -0.1) is 0 Å². The van der Waals surface area contributed by atoms with Gasteiger partial charge in [0, 0.05) is 51.1 Å². The largest absolute Gasteiger partial charge is 0.490 e. The summed E-state index contributed by atoms with van der Waals surface area (Å²) in [5, 5.41) is 18.7. The smallest absolute Gasteiger partial charge is 0.475 e. The molecule has 218 valence electrons. The lowest BCUT2D eigenvalue weighted by Crippen LogP contribution is -2.34. The summed E-state index contributed by atoms with van der Waals surface area (Å²) >= 11 is 0. The fourth-order valence-corrected chi connectivity index (χ4v) is 3.77. The molecule has 0 amide bonds. The van der Waals surface area contributed by atoms with E-state index in [1.807, 2.05) is 30.6 Å². The Bertz CT molecular complexity index is 1000. The number of carboxylic acid groups (broad SMARTS) is 2. The van der Waals surface area contributed by atoms with Crippen molar-refractivity contribution in [3.8, 4) is 0 Å². The van der Waals surface area contributed by atoms with Crippen LogP contribution in [0.25, 0.3) is 0 Å². The first-order chi connectivity index (χ1) is 18.3. The van der Waals surface area contributed by atoms with Crippen molar-refractivity contribution in [3.05, 3.63) is 48.0 Å². The minimum absolute atomic E-state index is 0.437. The minimum Gasteiger partial charge on any atom is -0.475 e. The highest BCUT2D eigenvalue weighted by Crippen LogP contribution is 2.21. The normalized spacial score (nSPS) is 19.5. The number of carboxylic acids is 2. The highest BCUT2D eigenvalue weighted by molar-refractivity contribution is 5.73. The summed E-state index contributed by atoms with van der Waals surface area (Å²) in [5.41, 5.74) is 2.28. The number of ether oxygens (including phenoxy) is 2. The number of alkyl halides is 6. The van der Waals surface area contributed by atoms with Crippen molar-refractivity contribution in [2.45, 2.75) is 38.5 Å². The molecule has 0 radical (unpaired) electrons. The number of hydrogen-bond donors (Lipinski definition) is 2. The molecule has 0 bridgehead atoms. The minimum atomic E-state index is -5.08. The van der Waals surface area contributed by atoms with E-state index in [9.17, 15) is 26.3 Å². The van der Waals surface area contributed by atoms with Crippen molar-refractivity contribution in [2.24, 2.45) is 11.8 Å². The van der Waals surface area contributed by atoms with Gasteiger partial charge in [-0.3, -0.25) is 14.6 Å². The van der Waals surface area contributed by atoms with Crippen LogP contribution in [0.15, 0.2) is 36.7 Å². The van der Waals surface area contributed by atoms with Crippen LogP contribution in [0, 0.1) is 11.8 Å². The maximum absolute atomic E-state index is 10.6. The number of carbonyl (C=O) groups is 2. The van der Waals surface area contributed by atoms with Gasteiger partial charge < -0.3 is 19.7 Å². The summed E-state index contributed by atoms with van der Waals surface area (Å²) < 4.78 is 77.1. The van der Waals surface area contributed by atoms with Crippen LogP contribution >= 0.6 is 0 Å². The first kappa shape index (κ1) is 32.0. The molecule has 0 aromatic carbocycles. The second kappa shape index (κ2) is 14.8. The van der Waals surface area contributed by atoms with Gasteiger partial charge in [-0.2, -0.15) is 31.4 Å². The lowest BCUT2D eigenvalue weighted by atomic mass is 10.1. The molecule has 1 saturated heterocycles. The number of halogens is 6. The summed E-state index contributed by atoms with van der Waals surface area (Å²) in [5.74, 6) is -4.42. The number of rotatable bonds is 6. The van der Waals surface area contributed by atoms with Crippen LogP contribution in [0.4, 0.5) is 26.3 Å². The molecule has 16 heteroatoms. The molecule has 4 heterocycles. The van der Waals surface area contributed by atoms with E-state index >= 15 is 0 Å². The molecule has 10 nitrogen and oxygen atoms in total. The monoisotopic (exact) mass is 570 g/mol. The Morgan fingerprint density at radius 1 is 1.00 bits per heavy atom. The zero-order valence-corrected chi connectivity index (χ0v) is 20.6. The molecule has 0 spiro atoms. The average Bonchev–Trinajstić information content (AvgIpc) is 3.48. The molecule has 2 aliphatic rings. The number of nitrogens with zero attached hydrogens (tertiary/aromatic N) is 4. The summed E-state index contributed by atoms with van der Waals surface area (Å²) in [6, 6.07) is 8.07. The van der Waals surface area contributed by atoms with Gasteiger partial charge in [-0.25, -0.2) is 9.59 Å². The van der Waals surface area contributed by atoms with Gasteiger partial charge in [0.1, 0.15) is 0 Å². The Balaban J connectivity index is 0.000000317. The van der Waals surface area contributed by atoms with E-state index in [4.69, 9.17) is 29.3 Å². The zero-order chi connectivity index (χ0) is 29.1. The molecule has 2 N–H and O–H groups in total. The van der Waals surface area contributed by atoms with Crippen molar-refractivity contribution < 1.29 is 55.6 Å². The number of aliphatic carboxylic acids is 2. The van der Waals surface area contributed by atoms with E-state index in [2.05, 4.69) is 25.7 Å². The van der Waals surface area contributed by atoms with Gasteiger partial charge in [-0.1, -0.05) is 6.07 Å². The molecular formula is C23H28F6N4O6. The second-order valence-electron chi connectivity index (χ2n) is 8.74. The summed E-state index contributed by atoms with van der Waals surface area (Å²) in [4.78, 5) is 24.7. The van der Waals surface area contributed by atoms with Gasteiger partial charge in [0.05, 0.1) is 31.2 Å². The molecule has 0 saturated carbocycles. The van der Waals surface area contributed by atoms with Crippen LogP contribution in [-0.4, -0.2) is 87.1 Å². The van der Waals surface area contributed by atoms with Crippen LogP contribution in [-0.2, 0) is 38.8 Å². The van der Waals surface area contributed by atoms with E-state index < -0.39 is 24.3 Å². The number of aromatic nitrogens is 3. The van der Waals surface area contributed by atoms with E-state index in [1.165, 1.54) is 12.1 Å². The number of fused-ring (bicyclic) bond motifs is 1. The predicted molar refractivity (Wildman–Crippen MR) is 121 cm³/mol. The maximum atomic E-state index is 10.6. The Morgan fingerprint density at radius 2 is 1.67 bits per heavy atom. The molecule has 0 aliphatic carbocycles. The molecule has 4 rings (SSSR count). The van der Waals surface area contributed by atoms with E-state index in [0.717, 1.165) is 51.7 Å². The third kappa shape index (κ3) is 12.0. The summed E-state index contributed by atoms with van der Waals surface area (Å²) in [7, 11) is 0. The van der Waals surface area contributed by atoms with Crippen molar-refractivity contribution >= 4 is 11.9 Å². The lowest BCUT2D eigenvalue weighted by molar-refractivity contribution is -0.193. The SMILES string of the molecule is O=C(O)C(F)(F)F.O=C(O)C(F)(F)F.c1ccc(COCC2CN(CC3CCOC3)Cc3ccnn3C2)nc1. The molecule has 39 heavy (non-hydrogen) atoms. The Hall–Kier alpha value is -3.24. The van der Waals surface area contributed by atoms with Gasteiger partial charge >= 0.3 is 24.3 Å². The van der Waals surface area contributed by atoms with Gasteiger partial charge in [-0.05, 0) is 30.5 Å². The summed E-state index contributed by atoms with van der Waals surface area (Å²) in [6.07, 6.45) is -5.27. The van der Waals surface area contributed by atoms with E-state index in [1.54, 1.807) is 0 Å². The van der Waals surface area contributed by atoms with Crippen LogP contribution in [0.2, 0.25) is 0 Å². The number of pyridine rings is 1. The van der Waals surface area contributed by atoms with Crippen molar-refractivity contribution in [1.82, 2.24) is 19.7 Å². The molecule has 2 unspecified atom stereocenters. The molecule has 2 aromatic heterocycles. The standard InChI is InChI=1S/C19H26N4O2.2C2HF3O2/c1-2-6-20-18(3-1)15-25-14-17-10-22(9-16-5-8-24-13-16)12-19-4-7-21-23(19)11-17;2*3-2(4,5)1(6)7/h1-4,6-7,16-17H,5,8-15H2;2*(H,6,7). The van der Waals surface area contributed by atoms with E-state index in [-0.39, 0.29) is 0 Å². The van der Waals surface area contributed by atoms with Crippen molar-refractivity contribution in [2.75, 3.05) is 32.9 Å². The topological polar surface area (TPSA) is 127 Å². The Labute approximate surface area is 219 Å².